The first-order chi connectivity index (χ1) is 9.16. The van der Waals surface area contributed by atoms with Gasteiger partial charge in [-0.15, -0.1) is 0 Å². The van der Waals surface area contributed by atoms with Crippen LogP contribution in [-0.2, 0) is 16.4 Å². The lowest BCUT2D eigenvalue weighted by Gasteiger charge is -2.26. The third-order valence-corrected chi connectivity index (χ3v) is 4.52. The molecular formula is C12H21N3O3S. The fourth-order valence-corrected chi connectivity index (χ4v) is 3.10. The largest absolute Gasteiger partial charge is 0.469 e. The second-order valence-corrected chi connectivity index (χ2v) is 6.56. The van der Waals surface area contributed by atoms with Gasteiger partial charge in [0.1, 0.15) is 5.76 Å². The van der Waals surface area contributed by atoms with E-state index in [1.54, 1.807) is 12.3 Å². The zero-order valence-corrected chi connectivity index (χ0v) is 11.8. The molecular weight excluding hydrogens is 266 g/mol. The molecule has 2 heterocycles. The molecule has 19 heavy (non-hydrogen) atoms. The Labute approximate surface area is 114 Å². The van der Waals surface area contributed by atoms with Gasteiger partial charge in [-0.2, -0.15) is 0 Å². The number of hydrogen-bond donors (Lipinski definition) is 2. The second-order valence-electron chi connectivity index (χ2n) is 4.63. The van der Waals surface area contributed by atoms with Crippen LogP contribution < -0.4 is 10.0 Å². The fourth-order valence-electron chi connectivity index (χ4n) is 2.04. The summed E-state index contributed by atoms with van der Waals surface area (Å²) in [4.78, 5) is 2.17. The maximum Gasteiger partial charge on any atom is 0.212 e. The standard InChI is InChI=1S/C12H21N3O3S/c16-19(17,11-9-15-7-5-13-6-8-15)14-4-3-12-2-1-10-18-12/h1-2,10,13-14H,3-9,11H2. The average Bonchev–Trinajstić information content (AvgIpc) is 2.91. The Kier molecular flexibility index (Phi) is 5.38. The van der Waals surface area contributed by atoms with E-state index < -0.39 is 10.0 Å². The van der Waals surface area contributed by atoms with Crippen molar-refractivity contribution >= 4 is 10.0 Å². The van der Waals surface area contributed by atoms with Crippen LogP contribution >= 0.6 is 0 Å². The van der Waals surface area contributed by atoms with Gasteiger partial charge in [-0.1, -0.05) is 0 Å². The second kappa shape index (κ2) is 7.04. The maximum absolute atomic E-state index is 11.8. The molecule has 0 bridgehead atoms. The van der Waals surface area contributed by atoms with Crippen LogP contribution in [0.4, 0.5) is 0 Å². The van der Waals surface area contributed by atoms with Gasteiger partial charge in [0.05, 0.1) is 12.0 Å². The number of furan rings is 1. The molecule has 0 spiro atoms. The fraction of sp³-hybridized carbons (Fsp3) is 0.667. The van der Waals surface area contributed by atoms with E-state index in [1.165, 1.54) is 0 Å². The quantitative estimate of drug-likeness (QED) is 0.717. The number of sulfonamides is 1. The van der Waals surface area contributed by atoms with E-state index >= 15 is 0 Å². The zero-order chi connectivity index (χ0) is 13.6. The first kappa shape index (κ1) is 14.5. The molecule has 7 heteroatoms. The van der Waals surface area contributed by atoms with Gasteiger partial charge in [0, 0.05) is 45.7 Å². The van der Waals surface area contributed by atoms with Gasteiger partial charge < -0.3 is 9.73 Å². The molecule has 1 saturated heterocycles. The average molecular weight is 287 g/mol. The van der Waals surface area contributed by atoms with Crippen molar-refractivity contribution < 1.29 is 12.8 Å². The van der Waals surface area contributed by atoms with E-state index in [0.29, 0.717) is 19.5 Å². The Bertz CT molecular complexity index is 453. The molecule has 1 aromatic rings. The predicted molar refractivity (Wildman–Crippen MR) is 73.5 cm³/mol. The van der Waals surface area contributed by atoms with Crippen LogP contribution in [0.1, 0.15) is 5.76 Å². The zero-order valence-electron chi connectivity index (χ0n) is 11.0. The monoisotopic (exact) mass is 287 g/mol. The molecule has 0 aliphatic carbocycles. The highest BCUT2D eigenvalue weighted by Gasteiger charge is 2.15. The molecule has 1 aliphatic rings. The van der Waals surface area contributed by atoms with Crippen molar-refractivity contribution in [3.63, 3.8) is 0 Å². The van der Waals surface area contributed by atoms with Crippen LogP contribution in [0.5, 0.6) is 0 Å². The third-order valence-electron chi connectivity index (χ3n) is 3.16. The number of nitrogens with zero attached hydrogens (tertiary/aromatic N) is 1. The van der Waals surface area contributed by atoms with Crippen LogP contribution in [-0.4, -0.2) is 58.3 Å². The molecule has 2 N–H and O–H groups in total. The minimum Gasteiger partial charge on any atom is -0.469 e. The van der Waals surface area contributed by atoms with Crippen molar-refractivity contribution in [2.75, 3.05) is 45.0 Å². The van der Waals surface area contributed by atoms with Crippen LogP contribution in [0.15, 0.2) is 22.8 Å². The lowest BCUT2D eigenvalue weighted by Crippen LogP contribution is -2.46. The van der Waals surface area contributed by atoms with Gasteiger partial charge >= 0.3 is 0 Å². The number of piperazine rings is 1. The molecule has 0 saturated carbocycles. The SMILES string of the molecule is O=S(=O)(CCN1CCNCC1)NCCc1ccco1. The highest BCUT2D eigenvalue weighted by atomic mass is 32.2. The molecule has 0 aromatic carbocycles. The van der Waals surface area contributed by atoms with E-state index in [9.17, 15) is 8.42 Å². The number of hydrogen-bond acceptors (Lipinski definition) is 5. The molecule has 0 unspecified atom stereocenters. The van der Waals surface area contributed by atoms with Gasteiger partial charge in [0.2, 0.25) is 10.0 Å². The minimum atomic E-state index is -3.19. The van der Waals surface area contributed by atoms with E-state index in [4.69, 9.17) is 4.42 Å². The van der Waals surface area contributed by atoms with Crippen LogP contribution in [0, 0.1) is 0 Å². The van der Waals surface area contributed by atoms with E-state index in [0.717, 1.165) is 31.9 Å². The summed E-state index contributed by atoms with van der Waals surface area (Å²) in [5.74, 6) is 0.954. The topological polar surface area (TPSA) is 74.6 Å². The first-order valence-electron chi connectivity index (χ1n) is 6.58. The first-order valence-corrected chi connectivity index (χ1v) is 8.24. The van der Waals surface area contributed by atoms with E-state index in [2.05, 4.69) is 14.9 Å². The summed E-state index contributed by atoms with van der Waals surface area (Å²) in [6.45, 7) is 4.69. The van der Waals surface area contributed by atoms with Crippen molar-refractivity contribution in [2.24, 2.45) is 0 Å². The summed E-state index contributed by atoms with van der Waals surface area (Å²) < 4.78 is 31.4. The third kappa shape index (κ3) is 5.32. The van der Waals surface area contributed by atoms with E-state index in [-0.39, 0.29) is 5.75 Å². The minimum absolute atomic E-state index is 0.158. The number of rotatable bonds is 7. The molecule has 0 radical (unpaired) electrons. The van der Waals surface area contributed by atoms with Crippen molar-refractivity contribution in [2.45, 2.75) is 6.42 Å². The Balaban J connectivity index is 1.66. The Morgan fingerprint density at radius 2 is 2.16 bits per heavy atom. The molecule has 0 amide bonds. The summed E-state index contributed by atoms with van der Waals surface area (Å²) >= 11 is 0. The van der Waals surface area contributed by atoms with Crippen molar-refractivity contribution in [1.29, 1.82) is 0 Å². The van der Waals surface area contributed by atoms with Gasteiger partial charge in [-0.25, -0.2) is 13.1 Å². The summed E-state index contributed by atoms with van der Waals surface area (Å²) in [6.07, 6.45) is 2.17. The molecule has 1 aliphatic heterocycles. The van der Waals surface area contributed by atoms with E-state index in [1.807, 2.05) is 6.07 Å². The summed E-state index contributed by atoms with van der Waals surface area (Å²) in [7, 11) is -3.19. The lowest BCUT2D eigenvalue weighted by molar-refractivity contribution is 0.253. The smallest absolute Gasteiger partial charge is 0.212 e. The van der Waals surface area contributed by atoms with Crippen molar-refractivity contribution in [3.8, 4) is 0 Å². The normalized spacial score (nSPS) is 17.7. The highest BCUT2D eigenvalue weighted by molar-refractivity contribution is 7.89. The Hall–Kier alpha value is -0.890. The Morgan fingerprint density at radius 1 is 1.37 bits per heavy atom. The van der Waals surface area contributed by atoms with Gasteiger partial charge in [-0.3, -0.25) is 4.90 Å². The molecule has 2 rings (SSSR count). The molecule has 1 fully saturated rings. The van der Waals surface area contributed by atoms with Gasteiger partial charge in [0.15, 0.2) is 0 Å². The van der Waals surface area contributed by atoms with Crippen LogP contribution in [0.25, 0.3) is 0 Å². The molecule has 0 atom stereocenters. The summed E-state index contributed by atoms with van der Waals surface area (Å²) in [6, 6.07) is 3.64. The maximum atomic E-state index is 11.8. The predicted octanol–water partition coefficient (Wildman–Crippen LogP) is -0.353. The molecule has 1 aromatic heterocycles. The highest BCUT2D eigenvalue weighted by Crippen LogP contribution is 2.00. The number of nitrogens with one attached hydrogen (secondary N) is 2. The van der Waals surface area contributed by atoms with Crippen molar-refractivity contribution in [3.05, 3.63) is 24.2 Å². The summed E-state index contributed by atoms with van der Waals surface area (Å²) in [5.41, 5.74) is 0. The van der Waals surface area contributed by atoms with Gasteiger partial charge in [-0.05, 0) is 12.1 Å². The lowest BCUT2D eigenvalue weighted by atomic mass is 10.3. The molecule has 108 valence electrons. The summed E-state index contributed by atoms with van der Waals surface area (Å²) in [5, 5.41) is 3.24. The van der Waals surface area contributed by atoms with Crippen molar-refractivity contribution in [1.82, 2.24) is 14.9 Å². The van der Waals surface area contributed by atoms with Crippen LogP contribution in [0.3, 0.4) is 0 Å². The Morgan fingerprint density at radius 3 is 2.84 bits per heavy atom. The van der Waals surface area contributed by atoms with Gasteiger partial charge in [0.25, 0.3) is 0 Å². The molecule has 6 nitrogen and oxygen atoms in total. The van der Waals surface area contributed by atoms with Crippen LogP contribution in [0.2, 0.25) is 0 Å².